The van der Waals surface area contributed by atoms with Crippen molar-refractivity contribution in [2.45, 2.75) is 12.2 Å². The highest BCUT2D eigenvalue weighted by atomic mass is 35.5. The standard InChI is InChI=1S/C13H9ClF3NO2/c14-8-9-7-12(5-6-18-9)19-10-1-3-11(4-2-10)20-13(15,16)17/h1-7H,8H2. The van der Waals surface area contributed by atoms with Gasteiger partial charge in [0.15, 0.2) is 0 Å². The van der Waals surface area contributed by atoms with Gasteiger partial charge in [-0.2, -0.15) is 0 Å². The number of hydrogen-bond acceptors (Lipinski definition) is 3. The normalized spacial score (nSPS) is 11.2. The molecule has 0 aliphatic carbocycles. The second-order valence-corrected chi connectivity index (χ2v) is 4.01. The summed E-state index contributed by atoms with van der Waals surface area (Å²) in [6.45, 7) is 0. The topological polar surface area (TPSA) is 31.4 Å². The summed E-state index contributed by atoms with van der Waals surface area (Å²) < 4.78 is 45.2. The largest absolute Gasteiger partial charge is 0.573 e. The van der Waals surface area contributed by atoms with Crippen LogP contribution >= 0.6 is 11.6 Å². The average Bonchev–Trinajstić information content (AvgIpc) is 2.40. The molecule has 1 aromatic carbocycles. The van der Waals surface area contributed by atoms with Crippen molar-refractivity contribution in [3.05, 3.63) is 48.3 Å². The van der Waals surface area contributed by atoms with E-state index in [1.54, 1.807) is 12.1 Å². The van der Waals surface area contributed by atoms with Gasteiger partial charge < -0.3 is 9.47 Å². The van der Waals surface area contributed by atoms with E-state index in [0.717, 1.165) is 0 Å². The zero-order valence-corrected chi connectivity index (χ0v) is 10.8. The third kappa shape index (κ3) is 4.31. The lowest BCUT2D eigenvalue weighted by atomic mass is 10.3. The Morgan fingerprint density at radius 1 is 1.00 bits per heavy atom. The fraction of sp³-hybridized carbons (Fsp3) is 0.154. The van der Waals surface area contributed by atoms with Gasteiger partial charge in [0, 0.05) is 12.3 Å². The SMILES string of the molecule is FC(F)(F)Oc1ccc(Oc2ccnc(CCl)c2)cc1. The van der Waals surface area contributed by atoms with Gasteiger partial charge in [-0.15, -0.1) is 24.8 Å². The minimum absolute atomic E-state index is 0.246. The Labute approximate surface area is 117 Å². The highest BCUT2D eigenvalue weighted by Crippen LogP contribution is 2.27. The Balaban J connectivity index is 2.06. The van der Waals surface area contributed by atoms with Crippen LogP contribution in [-0.4, -0.2) is 11.3 Å². The van der Waals surface area contributed by atoms with Gasteiger partial charge in [0.25, 0.3) is 0 Å². The minimum Gasteiger partial charge on any atom is -0.457 e. The van der Waals surface area contributed by atoms with E-state index in [1.807, 2.05) is 0 Å². The van der Waals surface area contributed by atoms with Crippen molar-refractivity contribution < 1.29 is 22.6 Å². The molecule has 7 heteroatoms. The molecule has 3 nitrogen and oxygen atoms in total. The Morgan fingerprint density at radius 3 is 2.25 bits per heavy atom. The van der Waals surface area contributed by atoms with Crippen LogP contribution in [0.15, 0.2) is 42.6 Å². The summed E-state index contributed by atoms with van der Waals surface area (Å²) in [6, 6.07) is 8.37. The number of halogens is 4. The second-order valence-electron chi connectivity index (χ2n) is 3.74. The fourth-order valence-electron chi connectivity index (χ4n) is 1.44. The Hall–Kier alpha value is -1.95. The van der Waals surface area contributed by atoms with E-state index in [0.29, 0.717) is 17.2 Å². The maximum absolute atomic E-state index is 12.0. The summed E-state index contributed by atoms with van der Waals surface area (Å²) in [5, 5.41) is 0. The van der Waals surface area contributed by atoms with Gasteiger partial charge in [-0.3, -0.25) is 4.98 Å². The smallest absolute Gasteiger partial charge is 0.457 e. The van der Waals surface area contributed by atoms with Crippen LogP contribution in [0.3, 0.4) is 0 Å². The van der Waals surface area contributed by atoms with Crippen molar-refractivity contribution in [2.24, 2.45) is 0 Å². The third-order valence-corrected chi connectivity index (χ3v) is 2.49. The Kier molecular flexibility index (Phi) is 4.34. The number of pyridine rings is 1. The molecule has 0 aliphatic heterocycles. The van der Waals surface area contributed by atoms with Crippen molar-refractivity contribution in [1.82, 2.24) is 4.98 Å². The Morgan fingerprint density at radius 2 is 1.65 bits per heavy atom. The van der Waals surface area contributed by atoms with Crippen LogP contribution in [0, 0.1) is 0 Å². The van der Waals surface area contributed by atoms with E-state index in [2.05, 4.69) is 9.72 Å². The Bertz CT molecular complexity index is 573. The molecule has 0 saturated heterocycles. The predicted molar refractivity (Wildman–Crippen MR) is 67.0 cm³/mol. The van der Waals surface area contributed by atoms with Gasteiger partial charge in [0.05, 0.1) is 11.6 Å². The van der Waals surface area contributed by atoms with Crippen molar-refractivity contribution in [3.8, 4) is 17.2 Å². The molecule has 0 bridgehead atoms. The molecule has 0 N–H and O–H groups in total. The summed E-state index contributed by atoms with van der Waals surface area (Å²) in [5.74, 6) is 0.822. The monoisotopic (exact) mass is 303 g/mol. The van der Waals surface area contributed by atoms with Crippen LogP contribution < -0.4 is 9.47 Å². The van der Waals surface area contributed by atoms with E-state index >= 15 is 0 Å². The molecule has 2 rings (SSSR count). The first-order valence-electron chi connectivity index (χ1n) is 5.51. The first-order valence-corrected chi connectivity index (χ1v) is 6.04. The van der Waals surface area contributed by atoms with Crippen molar-refractivity contribution in [2.75, 3.05) is 0 Å². The molecule has 0 saturated carbocycles. The summed E-state index contributed by atoms with van der Waals surface area (Å²) in [5.41, 5.74) is 0.640. The molecule has 1 aromatic heterocycles. The van der Waals surface area contributed by atoms with Crippen LogP contribution in [0.1, 0.15) is 5.69 Å². The van der Waals surface area contributed by atoms with E-state index < -0.39 is 6.36 Å². The lowest BCUT2D eigenvalue weighted by molar-refractivity contribution is -0.274. The van der Waals surface area contributed by atoms with E-state index in [1.165, 1.54) is 30.5 Å². The minimum atomic E-state index is -4.71. The van der Waals surface area contributed by atoms with E-state index in [4.69, 9.17) is 16.3 Å². The summed E-state index contributed by atoms with van der Waals surface area (Å²) in [4.78, 5) is 4.00. The number of ether oxygens (including phenoxy) is 2. The molecule has 1 heterocycles. The molecule has 0 spiro atoms. The third-order valence-electron chi connectivity index (χ3n) is 2.22. The molecule has 2 aromatic rings. The highest BCUT2D eigenvalue weighted by Gasteiger charge is 2.30. The lowest BCUT2D eigenvalue weighted by Gasteiger charge is -2.10. The predicted octanol–water partition coefficient (Wildman–Crippen LogP) is 4.51. The summed E-state index contributed by atoms with van der Waals surface area (Å²) >= 11 is 5.64. The van der Waals surface area contributed by atoms with Gasteiger partial charge >= 0.3 is 6.36 Å². The van der Waals surface area contributed by atoms with Crippen LogP contribution in [0.5, 0.6) is 17.2 Å². The maximum Gasteiger partial charge on any atom is 0.573 e. The molecule has 0 fully saturated rings. The van der Waals surface area contributed by atoms with Gasteiger partial charge in [-0.05, 0) is 30.3 Å². The van der Waals surface area contributed by atoms with Gasteiger partial charge in [0.1, 0.15) is 17.2 Å². The van der Waals surface area contributed by atoms with Gasteiger partial charge in [-0.25, -0.2) is 0 Å². The van der Waals surface area contributed by atoms with Crippen LogP contribution in [0.4, 0.5) is 13.2 Å². The molecule has 20 heavy (non-hydrogen) atoms. The van der Waals surface area contributed by atoms with Gasteiger partial charge in [0.2, 0.25) is 0 Å². The number of hydrogen-bond donors (Lipinski definition) is 0. The molecule has 0 aliphatic rings. The summed E-state index contributed by atoms with van der Waals surface area (Å²) in [6.07, 6.45) is -3.17. The van der Waals surface area contributed by atoms with Gasteiger partial charge in [-0.1, -0.05) is 0 Å². The van der Waals surface area contributed by atoms with Crippen LogP contribution in [0.2, 0.25) is 0 Å². The number of aromatic nitrogens is 1. The van der Waals surface area contributed by atoms with Crippen LogP contribution in [0.25, 0.3) is 0 Å². The van der Waals surface area contributed by atoms with Crippen molar-refractivity contribution in [3.63, 3.8) is 0 Å². The maximum atomic E-state index is 12.0. The number of nitrogens with zero attached hydrogens (tertiary/aromatic N) is 1. The van der Waals surface area contributed by atoms with Crippen molar-refractivity contribution >= 4 is 11.6 Å². The first kappa shape index (κ1) is 14.5. The number of rotatable bonds is 4. The molecular weight excluding hydrogens is 295 g/mol. The molecule has 0 radical (unpaired) electrons. The second kappa shape index (κ2) is 6.00. The van der Waals surface area contributed by atoms with Crippen molar-refractivity contribution in [1.29, 1.82) is 0 Å². The number of alkyl halides is 4. The number of benzene rings is 1. The quantitative estimate of drug-likeness (QED) is 0.779. The first-order chi connectivity index (χ1) is 9.46. The zero-order chi connectivity index (χ0) is 14.6. The molecule has 0 amide bonds. The van der Waals surface area contributed by atoms with E-state index in [9.17, 15) is 13.2 Å². The highest BCUT2D eigenvalue weighted by molar-refractivity contribution is 6.16. The van der Waals surface area contributed by atoms with E-state index in [-0.39, 0.29) is 11.6 Å². The zero-order valence-electron chi connectivity index (χ0n) is 10.0. The average molecular weight is 304 g/mol. The molecule has 106 valence electrons. The molecule has 0 unspecified atom stereocenters. The summed E-state index contributed by atoms with van der Waals surface area (Å²) in [7, 11) is 0. The lowest BCUT2D eigenvalue weighted by Crippen LogP contribution is -2.16. The van der Waals surface area contributed by atoms with Crippen LogP contribution in [-0.2, 0) is 5.88 Å². The fourth-order valence-corrected chi connectivity index (χ4v) is 1.58. The molecular formula is C13H9ClF3NO2. The molecule has 0 atom stereocenters.